The summed E-state index contributed by atoms with van der Waals surface area (Å²) in [6.07, 6.45) is 0.681. The molecule has 0 aliphatic heterocycles. The SMILES string of the molecule is CCNC(Cc1c(C)cccc1[N+](=O)[O-])C(C)(C)C. The van der Waals surface area contributed by atoms with Crippen LogP contribution in [-0.2, 0) is 6.42 Å². The van der Waals surface area contributed by atoms with Crippen molar-refractivity contribution < 1.29 is 4.92 Å². The second-order valence-electron chi connectivity index (χ2n) is 6.01. The molecule has 0 saturated carbocycles. The summed E-state index contributed by atoms with van der Waals surface area (Å²) in [5, 5.41) is 14.6. The van der Waals surface area contributed by atoms with E-state index in [4.69, 9.17) is 0 Å². The Bertz CT molecular complexity index is 450. The largest absolute Gasteiger partial charge is 0.313 e. The van der Waals surface area contributed by atoms with Gasteiger partial charge in [0.25, 0.3) is 5.69 Å². The fourth-order valence-electron chi connectivity index (χ4n) is 2.26. The first-order valence-corrected chi connectivity index (χ1v) is 6.73. The molecule has 0 aromatic heterocycles. The van der Waals surface area contributed by atoms with Crippen LogP contribution in [0, 0.1) is 22.5 Å². The van der Waals surface area contributed by atoms with Crippen molar-refractivity contribution in [3.63, 3.8) is 0 Å². The highest BCUT2D eigenvalue weighted by Crippen LogP contribution is 2.28. The number of nitrogens with zero attached hydrogens (tertiary/aromatic N) is 1. The maximum atomic E-state index is 11.1. The first kappa shape index (κ1) is 15.6. The van der Waals surface area contributed by atoms with Crippen molar-refractivity contribution in [1.29, 1.82) is 0 Å². The van der Waals surface area contributed by atoms with Gasteiger partial charge in [0.05, 0.1) is 4.92 Å². The van der Waals surface area contributed by atoms with Crippen LogP contribution in [0.25, 0.3) is 0 Å². The summed E-state index contributed by atoms with van der Waals surface area (Å²) in [5.41, 5.74) is 2.12. The number of nitro groups is 1. The van der Waals surface area contributed by atoms with Gasteiger partial charge in [-0.2, -0.15) is 0 Å². The number of rotatable bonds is 5. The molecular formula is C15H24N2O2. The topological polar surface area (TPSA) is 55.2 Å². The maximum absolute atomic E-state index is 11.1. The maximum Gasteiger partial charge on any atom is 0.272 e. The van der Waals surface area contributed by atoms with Crippen molar-refractivity contribution in [3.05, 3.63) is 39.4 Å². The van der Waals surface area contributed by atoms with Crippen LogP contribution in [0.15, 0.2) is 18.2 Å². The van der Waals surface area contributed by atoms with Crippen molar-refractivity contribution in [3.8, 4) is 0 Å². The molecule has 1 aromatic carbocycles. The first-order chi connectivity index (χ1) is 8.77. The minimum atomic E-state index is -0.284. The number of nitrogens with one attached hydrogen (secondary N) is 1. The van der Waals surface area contributed by atoms with Crippen molar-refractivity contribution in [2.24, 2.45) is 5.41 Å². The number of likely N-dealkylation sites (N-methyl/N-ethyl adjacent to an activating group) is 1. The smallest absolute Gasteiger partial charge is 0.272 e. The monoisotopic (exact) mass is 264 g/mol. The van der Waals surface area contributed by atoms with Crippen LogP contribution >= 0.6 is 0 Å². The van der Waals surface area contributed by atoms with Gasteiger partial charge in [0.15, 0.2) is 0 Å². The lowest BCUT2D eigenvalue weighted by Crippen LogP contribution is -2.42. The molecule has 1 rings (SSSR count). The molecule has 19 heavy (non-hydrogen) atoms. The standard InChI is InChI=1S/C15H24N2O2/c1-6-16-14(15(3,4)5)10-12-11(2)8-7-9-13(12)17(18)19/h7-9,14,16H,6,10H2,1-5H3. The highest BCUT2D eigenvalue weighted by molar-refractivity contribution is 5.45. The molecule has 0 aliphatic carbocycles. The second-order valence-corrected chi connectivity index (χ2v) is 6.01. The molecule has 0 amide bonds. The predicted molar refractivity (Wildman–Crippen MR) is 78.5 cm³/mol. The molecule has 0 fully saturated rings. The lowest BCUT2D eigenvalue weighted by atomic mass is 9.82. The van der Waals surface area contributed by atoms with Crippen molar-refractivity contribution >= 4 is 5.69 Å². The third kappa shape index (κ3) is 4.03. The molecule has 1 unspecified atom stereocenters. The first-order valence-electron chi connectivity index (χ1n) is 6.73. The molecular weight excluding hydrogens is 240 g/mol. The van der Waals surface area contributed by atoms with Gasteiger partial charge in [0, 0.05) is 17.7 Å². The number of hydrogen-bond acceptors (Lipinski definition) is 3. The highest BCUT2D eigenvalue weighted by atomic mass is 16.6. The van der Waals surface area contributed by atoms with Gasteiger partial charge in [0.1, 0.15) is 0 Å². The molecule has 0 bridgehead atoms. The Morgan fingerprint density at radius 3 is 2.47 bits per heavy atom. The van der Waals surface area contributed by atoms with Gasteiger partial charge in [-0.15, -0.1) is 0 Å². The Morgan fingerprint density at radius 1 is 1.37 bits per heavy atom. The minimum absolute atomic E-state index is 0.0617. The van der Waals surface area contributed by atoms with Crippen molar-refractivity contribution in [2.45, 2.75) is 47.1 Å². The molecule has 0 aliphatic rings. The molecule has 106 valence electrons. The summed E-state index contributed by atoms with van der Waals surface area (Å²) in [4.78, 5) is 10.9. The van der Waals surface area contributed by atoms with Crippen LogP contribution in [0.2, 0.25) is 0 Å². The zero-order valence-corrected chi connectivity index (χ0v) is 12.5. The fourth-order valence-corrected chi connectivity index (χ4v) is 2.26. The Balaban J connectivity index is 3.12. The van der Waals surface area contributed by atoms with E-state index in [2.05, 4.69) is 33.0 Å². The average molecular weight is 264 g/mol. The third-order valence-electron chi connectivity index (χ3n) is 3.49. The third-order valence-corrected chi connectivity index (χ3v) is 3.49. The van der Waals surface area contributed by atoms with Gasteiger partial charge in [0.2, 0.25) is 0 Å². The van der Waals surface area contributed by atoms with Crippen LogP contribution in [0.5, 0.6) is 0 Å². The Kier molecular flexibility index (Phi) is 5.06. The molecule has 1 N–H and O–H groups in total. The lowest BCUT2D eigenvalue weighted by molar-refractivity contribution is -0.385. The molecule has 0 saturated heterocycles. The van der Waals surface area contributed by atoms with Gasteiger partial charge < -0.3 is 5.32 Å². The van der Waals surface area contributed by atoms with Crippen LogP contribution in [0.1, 0.15) is 38.8 Å². The van der Waals surface area contributed by atoms with Crippen LogP contribution in [0.3, 0.4) is 0 Å². The number of hydrogen-bond donors (Lipinski definition) is 1. The molecule has 0 heterocycles. The number of aryl methyl sites for hydroxylation is 1. The van der Waals surface area contributed by atoms with E-state index in [-0.39, 0.29) is 22.1 Å². The van der Waals surface area contributed by atoms with Gasteiger partial charge in [-0.1, -0.05) is 39.8 Å². The summed E-state index contributed by atoms with van der Waals surface area (Å²) < 4.78 is 0. The van der Waals surface area contributed by atoms with Crippen molar-refractivity contribution in [2.75, 3.05) is 6.54 Å². The van der Waals surface area contributed by atoms with Crippen LogP contribution < -0.4 is 5.32 Å². The van der Waals surface area contributed by atoms with E-state index >= 15 is 0 Å². The summed E-state index contributed by atoms with van der Waals surface area (Å²) in [5.74, 6) is 0. The minimum Gasteiger partial charge on any atom is -0.313 e. The van der Waals surface area contributed by atoms with Crippen LogP contribution in [0.4, 0.5) is 5.69 Å². The van der Waals surface area contributed by atoms with Gasteiger partial charge >= 0.3 is 0 Å². The number of nitro benzene ring substituents is 1. The quantitative estimate of drug-likeness (QED) is 0.654. The number of benzene rings is 1. The summed E-state index contributed by atoms with van der Waals surface area (Å²) in [6, 6.07) is 5.50. The zero-order valence-electron chi connectivity index (χ0n) is 12.5. The van der Waals surface area contributed by atoms with E-state index in [1.807, 2.05) is 13.0 Å². The fraction of sp³-hybridized carbons (Fsp3) is 0.600. The lowest BCUT2D eigenvalue weighted by Gasteiger charge is -2.31. The molecule has 0 radical (unpaired) electrons. The molecule has 4 nitrogen and oxygen atoms in total. The summed E-state index contributed by atoms with van der Waals surface area (Å²) in [7, 11) is 0. The highest BCUT2D eigenvalue weighted by Gasteiger charge is 2.27. The predicted octanol–water partition coefficient (Wildman–Crippen LogP) is 3.47. The van der Waals surface area contributed by atoms with Crippen LogP contribution in [-0.4, -0.2) is 17.5 Å². The average Bonchev–Trinajstić information content (AvgIpc) is 2.29. The Labute approximate surface area is 115 Å². The molecule has 1 aromatic rings. The molecule has 1 atom stereocenters. The van der Waals surface area contributed by atoms with E-state index < -0.39 is 0 Å². The second kappa shape index (κ2) is 6.15. The van der Waals surface area contributed by atoms with Crippen molar-refractivity contribution in [1.82, 2.24) is 5.32 Å². The van der Waals surface area contributed by atoms with E-state index in [0.29, 0.717) is 6.42 Å². The Hall–Kier alpha value is -1.42. The normalized spacial score (nSPS) is 13.3. The molecule has 4 heteroatoms. The zero-order chi connectivity index (χ0) is 14.6. The van der Waals surface area contributed by atoms with Gasteiger partial charge in [-0.05, 0) is 30.9 Å². The van der Waals surface area contributed by atoms with E-state index in [1.165, 1.54) is 0 Å². The summed E-state index contributed by atoms with van der Waals surface area (Å²) in [6.45, 7) is 11.3. The summed E-state index contributed by atoms with van der Waals surface area (Å²) >= 11 is 0. The van der Waals surface area contributed by atoms with Gasteiger partial charge in [-0.25, -0.2) is 0 Å². The van der Waals surface area contributed by atoms with E-state index in [1.54, 1.807) is 12.1 Å². The van der Waals surface area contributed by atoms with Gasteiger partial charge in [-0.3, -0.25) is 10.1 Å². The van der Waals surface area contributed by atoms with E-state index in [0.717, 1.165) is 17.7 Å². The molecule has 0 spiro atoms. The van der Waals surface area contributed by atoms with E-state index in [9.17, 15) is 10.1 Å². The Morgan fingerprint density at radius 2 is 2.00 bits per heavy atom.